The van der Waals surface area contributed by atoms with Crippen LogP contribution in [0.5, 0.6) is 5.75 Å². The van der Waals surface area contributed by atoms with E-state index in [-0.39, 0.29) is 25.0 Å². The van der Waals surface area contributed by atoms with Gasteiger partial charge in [0.05, 0.1) is 0 Å². The predicted molar refractivity (Wildman–Crippen MR) is 121 cm³/mol. The molecule has 2 aromatic carbocycles. The molecule has 0 aromatic heterocycles. The number of halogens is 2. The molecule has 0 aliphatic carbocycles. The number of carbonyl (C=O) groups excluding carboxylic acids is 2. The monoisotopic (exact) mass is 450 g/mol. The van der Waals surface area contributed by atoms with Gasteiger partial charge in [-0.15, -0.1) is 0 Å². The highest BCUT2D eigenvalue weighted by Gasteiger charge is 2.28. The van der Waals surface area contributed by atoms with E-state index < -0.39 is 6.04 Å². The van der Waals surface area contributed by atoms with Crippen molar-refractivity contribution in [1.29, 1.82) is 0 Å². The van der Waals surface area contributed by atoms with E-state index >= 15 is 0 Å². The summed E-state index contributed by atoms with van der Waals surface area (Å²) in [7, 11) is 0. The smallest absolute Gasteiger partial charge is 0.261 e. The zero-order valence-corrected chi connectivity index (χ0v) is 19.3. The van der Waals surface area contributed by atoms with Gasteiger partial charge in [-0.25, -0.2) is 0 Å². The summed E-state index contributed by atoms with van der Waals surface area (Å²) in [5.41, 5.74) is 1.52. The fourth-order valence-electron chi connectivity index (χ4n) is 2.83. The standard InChI is InChI=1S/C23H28Cl2N2O3/c1-15(2)12-26-23(29)17(4)27(13-18-19(24)9-7-10-20(18)25)22(28)14-30-21-11-6-5-8-16(21)3/h5-11,15,17H,12-14H2,1-4H3,(H,26,29)/t17-/m1/s1. The Morgan fingerprint density at radius 3 is 2.27 bits per heavy atom. The molecule has 0 heterocycles. The Morgan fingerprint density at radius 1 is 1.03 bits per heavy atom. The molecule has 0 radical (unpaired) electrons. The molecule has 0 saturated carbocycles. The van der Waals surface area contributed by atoms with E-state index in [1.807, 2.05) is 39.0 Å². The second kappa shape index (κ2) is 11.2. The molecule has 2 aromatic rings. The summed E-state index contributed by atoms with van der Waals surface area (Å²) < 4.78 is 5.72. The Morgan fingerprint density at radius 2 is 1.67 bits per heavy atom. The van der Waals surface area contributed by atoms with Crippen molar-refractivity contribution in [3.05, 3.63) is 63.6 Å². The molecule has 30 heavy (non-hydrogen) atoms. The molecule has 2 amide bonds. The molecular formula is C23H28Cl2N2O3. The summed E-state index contributed by atoms with van der Waals surface area (Å²) in [6.07, 6.45) is 0. The van der Waals surface area contributed by atoms with Crippen LogP contribution in [0, 0.1) is 12.8 Å². The molecule has 0 saturated heterocycles. The van der Waals surface area contributed by atoms with Crippen molar-refractivity contribution in [1.82, 2.24) is 10.2 Å². The van der Waals surface area contributed by atoms with Crippen LogP contribution in [0.4, 0.5) is 0 Å². The van der Waals surface area contributed by atoms with E-state index in [4.69, 9.17) is 27.9 Å². The Balaban J connectivity index is 2.22. The zero-order chi connectivity index (χ0) is 22.3. The third-order valence-electron chi connectivity index (χ3n) is 4.69. The number of nitrogens with zero attached hydrogens (tertiary/aromatic N) is 1. The van der Waals surface area contributed by atoms with Gasteiger partial charge in [0.2, 0.25) is 5.91 Å². The number of rotatable bonds is 9. The molecule has 0 aliphatic heterocycles. The Kier molecular flexibility index (Phi) is 9.00. The number of amides is 2. The molecule has 0 unspecified atom stereocenters. The maximum absolute atomic E-state index is 13.1. The molecule has 0 spiro atoms. The topological polar surface area (TPSA) is 58.6 Å². The number of benzene rings is 2. The molecular weight excluding hydrogens is 423 g/mol. The van der Waals surface area contributed by atoms with Crippen LogP contribution in [0.2, 0.25) is 10.0 Å². The van der Waals surface area contributed by atoms with Gasteiger partial charge >= 0.3 is 0 Å². The molecule has 0 bridgehead atoms. The van der Waals surface area contributed by atoms with Crippen molar-refractivity contribution >= 4 is 35.0 Å². The lowest BCUT2D eigenvalue weighted by Gasteiger charge is -2.29. The van der Waals surface area contributed by atoms with E-state index in [1.165, 1.54) is 4.90 Å². The van der Waals surface area contributed by atoms with E-state index in [0.29, 0.717) is 33.8 Å². The average molecular weight is 451 g/mol. The first-order valence-electron chi connectivity index (χ1n) is 9.89. The van der Waals surface area contributed by atoms with Gasteiger partial charge in [0.15, 0.2) is 6.61 Å². The van der Waals surface area contributed by atoms with Gasteiger partial charge in [-0.2, -0.15) is 0 Å². The van der Waals surface area contributed by atoms with Gasteiger partial charge in [0.25, 0.3) is 5.91 Å². The van der Waals surface area contributed by atoms with Crippen LogP contribution in [-0.4, -0.2) is 35.9 Å². The first-order valence-corrected chi connectivity index (χ1v) is 10.6. The summed E-state index contributed by atoms with van der Waals surface area (Å²) in [5.74, 6) is 0.351. The fourth-order valence-corrected chi connectivity index (χ4v) is 3.35. The largest absolute Gasteiger partial charge is 0.484 e. The van der Waals surface area contributed by atoms with Crippen LogP contribution in [-0.2, 0) is 16.1 Å². The Bertz CT molecular complexity index is 866. The van der Waals surface area contributed by atoms with Gasteiger partial charge in [-0.1, -0.05) is 61.3 Å². The average Bonchev–Trinajstić information content (AvgIpc) is 2.70. The number of carbonyl (C=O) groups is 2. The summed E-state index contributed by atoms with van der Waals surface area (Å²) in [6.45, 7) is 8.03. The molecule has 0 fully saturated rings. The first kappa shape index (κ1) is 24.0. The summed E-state index contributed by atoms with van der Waals surface area (Å²) in [4.78, 5) is 27.2. The van der Waals surface area contributed by atoms with E-state index in [2.05, 4.69) is 5.32 Å². The summed E-state index contributed by atoms with van der Waals surface area (Å²) in [6, 6.07) is 11.9. The third kappa shape index (κ3) is 6.64. The van der Waals surface area contributed by atoms with Crippen molar-refractivity contribution < 1.29 is 14.3 Å². The number of hydrogen-bond donors (Lipinski definition) is 1. The maximum Gasteiger partial charge on any atom is 0.261 e. The highest BCUT2D eigenvalue weighted by molar-refractivity contribution is 6.36. The van der Waals surface area contributed by atoms with E-state index in [9.17, 15) is 9.59 Å². The van der Waals surface area contributed by atoms with Gasteiger partial charge in [-0.3, -0.25) is 9.59 Å². The second-order valence-corrected chi connectivity index (χ2v) is 8.41. The molecule has 2 rings (SSSR count). The summed E-state index contributed by atoms with van der Waals surface area (Å²) in [5, 5.41) is 3.75. The Hall–Kier alpha value is -2.24. The van der Waals surface area contributed by atoms with Crippen LogP contribution < -0.4 is 10.1 Å². The van der Waals surface area contributed by atoms with Gasteiger partial charge in [0.1, 0.15) is 11.8 Å². The molecule has 1 N–H and O–H groups in total. The van der Waals surface area contributed by atoms with Crippen LogP contribution in [0.15, 0.2) is 42.5 Å². The van der Waals surface area contributed by atoms with Crippen LogP contribution in [0.25, 0.3) is 0 Å². The quantitative estimate of drug-likeness (QED) is 0.592. The molecule has 7 heteroatoms. The lowest BCUT2D eigenvalue weighted by Crippen LogP contribution is -2.49. The van der Waals surface area contributed by atoms with Gasteiger partial charge < -0.3 is 15.0 Å². The minimum absolute atomic E-state index is 0.102. The first-order chi connectivity index (χ1) is 14.2. The predicted octanol–water partition coefficient (Wildman–Crippen LogP) is 4.87. The van der Waals surface area contributed by atoms with Crippen LogP contribution in [0.3, 0.4) is 0 Å². The second-order valence-electron chi connectivity index (χ2n) is 7.59. The van der Waals surface area contributed by atoms with Crippen molar-refractivity contribution in [3.8, 4) is 5.75 Å². The third-order valence-corrected chi connectivity index (χ3v) is 5.39. The lowest BCUT2D eigenvalue weighted by atomic mass is 10.1. The highest BCUT2D eigenvalue weighted by atomic mass is 35.5. The van der Waals surface area contributed by atoms with Crippen LogP contribution >= 0.6 is 23.2 Å². The SMILES string of the molecule is Cc1ccccc1OCC(=O)N(Cc1c(Cl)cccc1Cl)[C@H](C)C(=O)NCC(C)C. The zero-order valence-electron chi connectivity index (χ0n) is 17.7. The maximum atomic E-state index is 13.1. The van der Waals surface area contributed by atoms with Crippen molar-refractivity contribution in [2.75, 3.05) is 13.2 Å². The van der Waals surface area contributed by atoms with Crippen molar-refractivity contribution in [2.24, 2.45) is 5.92 Å². The number of ether oxygens (including phenoxy) is 1. The summed E-state index contributed by atoms with van der Waals surface area (Å²) >= 11 is 12.6. The minimum atomic E-state index is -0.718. The normalized spacial score (nSPS) is 11.8. The van der Waals surface area contributed by atoms with Crippen LogP contribution in [0.1, 0.15) is 31.9 Å². The van der Waals surface area contributed by atoms with Crippen molar-refractivity contribution in [3.63, 3.8) is 0 Å². The number of hydrogen-bond acceptors (Lipinski definition) is 3. The molecule has 0 aliphatic rings. The van der Waals surface area contributed by atoms with Crippen molar-refractivity contribution in [2.45, 2.75) is 40.3 Å². The highest BCUT2D eigenvalue weighted by Crippen LogP contribution is 2.26. The Labute approximate surface area is 188 Å². The lowest BCUT2D eigenvalue weighted by molar-refractivity contribution is -0.142. The van der Waals surface area contributed by atoms with Gasteiger partial charge in [-0.05, 0) is 43.5 Å². The number of para-hydroxylation sites is 1. The molecule has 1 atom stereocenters. The fraction of sp³-hybridized carbons (Fsp3) is 0.391. The molecule has 162 valence electrons. The molecule has 5 nitrogen and oxygen atoms in total. The van der Waals surface area contributed by atoms with E-state index in [0.717, 1.165) is 5.56 Å². The van der Waals surface area contributed by atoms with E-state index in [1.54, 1.807) is 31.2 Å². The number of aryl methyl sites for hydroxylation is 1. The number of nitrogens with one attached hydrogen (secondary N) is 1. The van der Waals surface area contributed by atoms with Gasteiger partial charge in [0, 0.05) is 28.7 Å². The minimum Gasteiger partial charge on any atom is -0.484 e.